The SMILES string of the molecule is CC(CC1CC1)NCc1sccc1Br. The molecular weight excluding hydrogens is 258 g/mol. The standard InChI is InChI=1S/C11H16BrNS/c1-8(6-9-2-3-9)13-7-11-10(12)4-5-14-11/h4-5,8-9,13H,2-3,6-7H2,1H3. The highest BCUT2D eigenvalue weighted by Crippen LogP contribution is 2.33. The van der Waals surface area contributed by atoms with Crippen molar-refractivity contribution in [2.75, 3.05) is 0 Å². The van der Waals surface area contributed by atoms with Gasteiger partial charge >= 0.3 is 0 Å². The van der Waals surface area contributed by atoms with E-state index in [1.54, 1.807) is 0 Å². The first-order valence-electron chi connectivity index (χ1n) is 5.21. The maximum Gasteiger partial charge on any atom is 0.0327 e. The van der Waals surface area contributed by atoms with E-state index in [1.807, 2.05) is 11.3 Å². The molecule has 0 amide bonds. The van der Waals surface area contributed by atoms with Crippen LogP contribution in [0, 0.1) is 5.92 Å². The second-order valence-corrected chi connectivity index (χ2v) is 6.01. The van der Waals surface area contributed by atoms with Gasteiger partial charge in [0, 0.05) is 21.9 Å². The number of halogens is 1. The summed E-state index contributed by atoms with van der Waals surface area (Å²) in [5.41, 5.74) is 0. The summed E-state index contributed by atoms with van der Waals surface area (Å²) in [6.45, 7) is 3.30. The Kier molecular flexibility index (Phi) is 3.63. The summed E-state index contributed by atoms with van der Waals surface area (Å²) in [4.78, 5) is 1.41. The Bertz CT molecular complexity index is 293. The molecule has 0 spiro atoms. The Morgan fingerprint density at radius 1 is 1.64 bits per heavy atom. The number of rotatable bonds is 5. The van der Waals surface area contributed by atoms with E-state index in [0.717, 1.165) is 12.5 Å². The van der Waals surface area contributed by atoms with Crippen LogP contribution in [0.2, 0.25) is 0 Å². The molecule has 0 radical (unpaired) electrons. The third-order valence-electron chi connectivity index (χ3n) is 2.69. The maximum atomic E-state index is 3.58. The van der Waals surface area contributed by atoms with Crippen molar-refractivity contribution >= 4 is 27.3 Å². The van der Waals surface area contributed by atoms with Gasteiger partial charge in [0.2, 0.25) is 0 Å². The third-order valence-corrected chi connectivity index (χ3v) is 4.61. The molecule has 1 unspecified atom stereocenters. The van der Waals surface area contributed by atoms with Crippen molar-refractivity contribution in [2.45, 2.75) is 38.8 Å². The van der Waals surface area contributed by atoms with Crippen molar-refractivity contribution in [3.8, 4) is 0 Å². The van der Waals surface area contributed by atoms with Gasteiger partial charge in [-0.05, 0) is 46.6 Å². The van der Waals surface area contributed by atoms with E-state index in [4.69, 9.17) is 0 Å². The molecule has 1 aromatic heterocycles. The number of hydrogen-bond acceptors (Lipinski definition) is 2. The Hall–Kier alpha value is 0.140. The van der Waals surface area contributed by atoms with Crippen LogP contribution in [-0.2, 0) is 6.54 Å². The molecule has 1 heterocycles. The predicted octanol–water partition coefficient (Wildman–Crippen LogP) is 3.79. The zero-order valence-electron chi connectivity index (χ0n) is 8.42. The fourth-order valence-corrected chi connectivity index (χ4v) is 3.10. The molecule has 1 aromatic rings. The summed E-state index contributed by atoms with van der Waals surface area (Å²) < 4.78 is 1.24. The van der Waals surface area contributed by atoms with Gasteiger partial charge in [-0.3, -0.25) is 0 Å². The lowest BCUT2D eigenvalue weighted by Crippen LogP contribution is -2.25. The molecule has 1 nitrogen and oxygen atoms in total. The van der Waals surface area contributed by atoms with E-state index in [9.17, 15) is 0 Å². The zero-order valence-corrected chi connectivity index (χ0v) is 10.8. The molecule has 1 fully saturated rings. The lowest BCUT2D eigenvalue weighted by atomic mass is 10.1. The maximum absolute atomic E-state index is 3.58. The molecule has 1 aliphatic carbocycles. The molecular formula is C11H16BrNS. The topological polar surface area (TPSA) is 12.0 Å². The summed E-state index contributed by atoms with van der Waals surface area (Å²) in [6, 6.07) is 2.78. The largest absolute Gasteiger partial charge is 0.309 e. The van der Waals surface area contributed by atoms with Crippen molar-refractivity contribution in [2.24, 2.45) is 5.92 Å². The fourth-order valence-electron chi connectivity index (χ4n) is 1.66. The van der Waals surface area contributed by atoms with Crippen LogP contribution in [0.3, 0.4) is 0 Å². The minimum absolute atomic E-state index is 0.663. The molecule has 1 N–H and O–H groups in total. The second kappa shape index (κ2) is 4.77. The van der Waals surface area contributed by atoms with E-state index in [0.29, 0.717) is 6.04 Å². The molecule has 0 aromatic carbocycles. The molecule has 1 saturated carbocycles. The van der Waals surface area contributed by atoms with Crippen LogP contribution >= 0.6 is 27.3 Å². The van der Waals surface area contributed by atoms with Crippen molar-refractivity contribution in [1.29, 1.82) is 0 Å². The van der Waals surface area contributed by atoms with Gasteiger partial charge in [-0.15, -0.1) is 11.3 Å². The summed E-state index contributed by atoms with van der Waals surface area (Å²) in [5.74, 6) is 1.02. The van der Waals surface area contributed by atoms with Crippen LogP contribution in [0.4, 0.5) is 0 Å². The summed E-state index contributed by atoms with van der Waals surface area (Å²) in [7, 11) is 0. The molecule has 14 heavy (non-hydrogen) atoms. The smallest absolute Gasteiger partial charge is 0.0327 e. The highest BCUT2D eigenvalue weighted by molar-refractivity contribution is 9.10. The van der Waals surface area contributed by atoms with Crippen molar-refractivity contribution < 1.29 is 0 Å². The van der Waals surface area contributed by atoms with Crippen LogP contribution < -0.4 is 5.32 Å². The lowest BCUT2D eigenvalue weighted by Gasteiger charge is -2.12. The highest BCUT2D eigenvalue weighted by atomic mass is 79.9. The second-order valence-electron chi connectivity index (χ2n) is 4.15. The summed E-state index contributed by atoms with van der Waals surface area (Å²) in [5, 5.41) is 5.71. The molecule has 0 aliphatic heterocycles. The first-order valence-corrected chi connectivity index (χ1v) is 6.88. The number of thiophene rings is 1. The normalized spacial score (nSPS) is 18.4. The van der Waals surface area contributed by atoms with Gasteiger partial charge < -0.3 is 5.32 Å². The van der Waals surface area contributed by atoms with Gasteiger partial charge in [-0.2, -0.15) is 0 Å². The number of nitrogens with one attached hydrogen (secondary N) is 1. The van der Waals surface area contributed by atoms with Gasteiger partial charge in [0.25, 0.3) is 0 Å². The third kappa shape index (κ3) is 3.07. The minimum atomic E-state index is 0.663. The van der Waals surface area contributed by atoms with Crippen LogP contribution in [0.5, 0.6) is 0 Å². The highest BCUT2D eigenvalue weighted by Gasteiger charge is 2.23. The van der Waals surface area contributed by atoms with Crippen molar-refractivity contribution in [3.63, 3.8) is 0 Å². The van der Waals surface area contributed by atoms with Gasteiger partial charge in [-0.1, -0.05) is 12.8 Å². The molecule has 78 valence electrons. The average molecular weight is 274 g/mol. The fraction of sp³-hybridized carbons (Fsp3) is 0.636. The van der Waals surface area contributed by atoms with Gasteiger partial charge in [0.1, 0.15) is 0 Å². The van der Waals surface area contributed by atoms with Crippen LogP contribution in [0.1, 0.15) is 31.1 Å². The van der Waals surface area contributed by atoms with Gasteiger partial charge in [0.15, 0.2) is 0 Å². The Labute approximate surface area is 98.0 Å². The summed E-state index contributed by atoms with van der Waals surface area (Å²) >= 11 is 5.37. The van der Waals surface area contributed by atoms with Crippen molar-refractivity contribution in [1.82, 2.24) is 5.32 Å². The van der Waals surface area contributed by atoms with E-state index >= 15 is 0 Å². The number of hydrogen-bond donors (Lipinski definition) is 1. The first-order chi connectivity index (χ1) is 6.75. The molecule has 1 atom stereocenters. The van der Waals surface area contributed by atoms with Gasteiger partial charge in [-0.25, -0.2) is 0 Å². The van der Waals surface area contributed by atoms with E-state index in [-0.39, 0.29) is 0 Å². The average Bonchev–Trinajstić information content (AvgIpc) is 2.86. The molecule has 3 heteroatoms. The Morgan fingerprint density at radius 2 is 2.43 bits per heavy atom. The monoisotopic (exact) mass is 273 g/mol. The van der Waals surface area contributed by atoms with E-state index < -0.39 is 0 Å². The lowest BCUT2D eigenvalue weighted by molar-refractivity contribution is 0.489. The molecule has 1 aliphatic rings. The zero-order chi connectivity index (χ0) is 9.97. The molecule has 0 saturated heterocycles. The van der Waals surface area contributed by atoms with E-state index in [1.165, 1.54) is 28.6 Å². The van der Waals surface area contributed by atoms with Gasteiger partial charge in [0.05, 0.1) is 0 Å². The minimum Gasteiger partial charge on any atom is -0.309 e. The van der Waals surface area contributed by atoms with Crippen LogP contribution in [0.15, 0.2) is 15.9 Å². The van der Waals surface area contributed by atoms with Crippen LogP contribution in [-0.4, -0.2) is 6.04 Å². The first kappa shape index (κ1) is 10.7. The van der Waals surface area contributed by atoms with Crippen LogP contribution in [0.25, 0.3) is 0 Å². The molecule has 2 rings (SSSR count). The Morgan fingerprint density at radius 3 is 3.00 bits per heavy atom. The van der Waals surface area contributed by atoms with E-state index in [2.05, 4.69) is 39.6 Å². The Balaban J connectivity index is 1.73. The predicted molar refractivity (Wildman–Crippen MR) is 65.7 cm³/mol. The van der Waals surface area contributed by atoms with Crippen molar-refractivity contribution in [3.05, 3.63) is 20.8 Å². The quantitative estimate of drug-likeness (QED) is 0.861. The molecule has 0 bridgehead atoms. The summed E-state index contributed by atoms with van der Waals surface area (Å²) in [6.07, 6.45) is 4.26.